The summed E-state index contributed by atoms with van der Waals surface area (Å²) in [4.78, 5) is 11.4. The fraction of sp³-hybridized carbons (Fsp3) is 0.208. The molecule has 0 aliphatic carbocycles. The molecule has 3 aromatic rings. The van der Waals surface area contributed by atoms with Gasteiger partial charge in [0.15, 0.2) is 0 Å². The number of rotatable bonds is 11. The van der Waals surface area contributed by atoms with Crippen LogP contribution in [0.2, 0.25) is 0 Å². The van der Waals surface area contributed by atoms with Crippen LogP contribution in [0.3, 0.4) is 0 Å². The molecule has 0 aliphatic heterocycles. The summed E-state index contributed by atoms with van der Waals surface area (Å²) in [6, 6.07) is 24.9. The summed E-state index contributed by atoms with van der Waals surface area (Å²) >= 11 is 0. The Bertz CT molecular complexity index is 897. The largest absolute Gasteiger partial charge is 0.493 e. The van der Waals surface area contributed by atoms with Crippen molar-refractivity contribution >= 4 is 11.7 Å². The van der Waals surface area contributed by atoms with Crippen molar-refractivity contribution in [3.8, 4) is 11.5 Å². The summed E-state index contributed by atoms with van der Waals surface area (Å²) in [6.07, 6.45) is 0.753. The quantitative estimate of drug-likeness (QED) is 0.279. The molecule has 0 aromatic heterocycles. The van der Waals surface area contributed by atoms with Crippen LogP contribution in [-0.2, 0) is 11.3 Å². The summed E-state index contributed by atoms with van der Waals surface area (Å²) in [7, 11) is 1.36. The molecule has 2 N–H and O–H groups in total. The van der Waals surface area contributed by atoms with E-state index in [2.05, 4.69) is 15.6 Å². The lowest BCUT2D eigenvalue weighted by Crippen LogP contribution is -2.20. The lowest BCUT2D eigenvalue weighted by Gasteiger charge is -2.10. The van der Waals surface area contributed by atoms with Crippen molar-refractivity contribution in [1.29, 1.82) is 0 Å². The highest BCUT2D eigenvalue weighted by atomic mass is 16.5. The number of para-hydroxylation sites is 1. The molecule has 0 amide bonds. The molecular weight excluding hydrogens is 380 g/mol. The highest BCUT2D eigenvalue weighted by Crippen LogP contribution is 2.15. The van der Waals surface area contributed by atoms with Gasteiger partial charge < -0.3 is 19.6 Å². The predicted octanol–water partition coefficient (Wildman–Crippen LogP) is 4.44. The number of ether oxygens (including phenoxy) is 3. The van der Waals surface area contributed by atoms with Crippen molar-refractivity contribution in [2.75, 3.05) is 25.7 Å². The van der Waals surface area contributed by atoms with Crippen LogP contribution in [0.15, 0.2) is 78.9 Å². The number of hydrogen-bond donors (Lipinski definition) is 2. The number of methoxy groups -OCH3 is 1. The Balaban J connectivity index is 1.31. The second-order valence-corrected chi connectivity index (χ2v) is 6.55. The van der Waals surface area contributed by atoms with E-state index in [1.807, 2.05) is 54.6 Å². The van der Waals surface area contributed by atoms with E-state index in [0.29, 0.717) is 31.1 Å². The van der Waals surface area contributed by atoms with E-state index in [1.165, 1.54) is 7.11 Å². The van der Waals surface area contributed by atoms with Gasteiger partial charge in [0, 0.05) is 18.7 Å². The van der Waals surface area contributed by atoms with E-state index >= 15 is 0 Å². The van der Waals surface area contributed by atoms with Crippen LogP contribution in [0.4, 0.5) is 5.69 Å². The minimum Gasteiger partial charge on any atom is -0.493 e. The molecule has 0 unspecified atom stereocenters. The van der Waals surface area contributed by atoms with Crippen molar-refractivity contribution in [2.24, 2.45) is 0 Å². The van der Waals surface area contributed by atoms with Crippen LogP contribution >= 0.6 is 0 Å². The smallest absolute Gasteiger partial charge is 0.337 e. The molecule has 6 heteroatoms. The number of carbonyl (C=O) groups excluding carboxylic acids is 1. The lowest BCUT2D eigenvalue weighted by molar-refractivity contribution is 0.0600. The van der Waals surface area contributed by atoms with Crippen molar-refractivity contribution < 1.29 is 19.0 Å². The third-order valence-corrected chi connectivity index (χ3v) is 4.32. The topological polar surface area (TPSA) is 68.8 Å². The Kier molecular flexibility index (Phi) is 8.12. The molecular formula is C24H26N2O4. The maximum atomic E-state index is 11.4. The molecule has 156 valence electrons. The molecule has 0 saturated carbocycles. The molecule has 0 aliphatic rings. The summed E-state index contributed by atoms with van der Waals surface area (Å²) in [5.74, 6) is 1.19. The number of hydrazine groups is 1. The third kappa shape index (κ3) is 6.83. The van der Waals surface area contributed by atoms with E-state index in [1.54, 1.807) is 24.3 Å². The van der Waals surface area contributed by atoms with Gasteiger partial charge in [0.05, 0.1) is 25.9 Å². The average molecular weight is 406 g/mol. The van der Waals surface area contributed by atoms with Crippen molar-refractivity contribution in [2.45, 2.75) is 13.0 Å². The van der Waals surface area contributed by atoms with E-state index in [4.69, 9.17) is 9.47 Å². The van der Waals surface area contributed by atoms with Gasteiger partial charge in [-0.2, -0.15) is 0 Å². The Morgan fingerprint density at radius 2 is 1.40 bits per heavy atom. The average Bonchev–Trinajstić information content (AvgIpc) is 2.80. The molecule has 0 spiro atoms. The highest BCUT2D eigenvalue weighted by Gasteiger charge is 2.04. The van der Waals surface area contributed by atoms with Crippen molar-refractivity contribution in [3.05, 3.63) is 90.0 Å². The van der Waals surface area contributed by atoms with Gasteiger partial charge in [-0.15, -0.1) is 0 Å². The first kappa shape index (κ1) is 21.2. The molecule has 6 nitrogen and oxygen atoms in total. The van der Waals surface area contributed by atoms with Gasteiger partial charge in [-0.1, -0.05) is 30.3 Å². The summed E-state index contributed by atoms with van der Waals surface area (Å²) in [5, 5.41) is 0. The van der Waals surface area contributed by atoms with Crippen LogP contribution in [0.1, 0.15) is 22.3 Å². The summed E-state index contributed by atoms with van der Waals surface area (Å²) < 4.78 is 16.1. The molecule has 30 heavy (non-hydrogen) atoms. The van der Waals surface area contributed by atoms with Gasteiger partial charge in [-0.05, 0) is 54.1 Å². The number of nitrogens with one attached hydrogen (secondary N) is 2. The Hall–Kier alpha value is -3.51. The fourth-order valence-electron chi connectivity index (χ4n) is 2.72. The normalized spacial score (nSPS) is 10.3. The summed E-state index contributed by atoms with van der Waals surface area (Å²) in [5.41, 5.74) is 9.04. The van der Waals surface area contributed by atoms with E-state index < -0.39 is 0 Å². The zero-order valence-electron chi connectivity index (χ0n) is 17.0. The Morgan fingerprint density at radius 1 is 0.800 bits per heavy atom. The fourth-order valence-corrected chi connectivity index (χ4v) is 2.72. The molecule has 0 atom stereocenters. The lowest BCUT2D eigenvalue weighted by atomic mass is 10.2. The first-order valence-corrected chi connectivity index (χ1v) is 9.81. The molecule has 3 rings (SSSR count). The molecule has 0 fully saturated rings. The number of anilines is 1. The molecule has 3 aromatic carbocycles. The van der Waals surface area contributed by atoms with Crippen LogP contribution in [0.5, 0.6) is 11.5 Å². The van der Waals surface area contributed by atoms with Gasteiger partial charge in [-0.25, -0.2) is 10.2 Å². The van der Waals surface area contributed by atoms with Gasteiger partial charge in [0.1, 0.15) is 11.5 Å². The van der Waals surface area contributed by atoms with Crippen LogP contribution in [0, 0.1) is 0 Å². The monoisotopic (exact) mass is 406 g/mol. The molecule has 0 bridgehead atoms. The number of esters is 1. The maximum Gasteiger partial charge on any atom is 0.337 e. The van der Waals surface area contributed by atoms with Crippen LogP contribution in [-0.4, -0.2) is 26.3 Å². The van der Waals surface area contributed by atoms with E-state index in [9.17, 15) is 4.79 Å². The Labute approximate surface area is 176 Å². The second kappa shape index (κ2) is 11.5. The Morgan fingerprint density at radius 3 is 2.00 bits per heavy atom. The molecule has 0 saturated heterocycles. The zero-order valence-corrected chi connectivity index (χ0v) is 17.0. The zero-order chi connectivity index (χ0) is 21.0. The first-order chi connectivity index (χ1) is 14.7. The van der Waals surface area contributed by atoms with E-state index in [-0.39, 0.29) is 5.97 Å². The van der Waals surface area contributed by atoms with Crippen molar-refractivity contribution in [3.63, 3.8) is 0 Å². The maximum absolute atomic E-state index is 11.4. The number of benzene rings is 3. The molecule has 0 radical (unpaired) electrons. The third-order valence-electron chi connectivity index (χ3n) is 4.32. The summed E-state index contributed by atoms with van der Waals surface area (Å²) in [6.45, 7) is 1.80. The van der Waals surface area contributed by atoms with Gasteiger partial charge >= 0.3 is 5.97 Å². The number of carbonyl (C=O) groups is 1. The predicted molar refractivity (Wildman–Crippen MR) is 117 cm³/mol. The van der Waals surface area contributed by atoms with E-state index in [0.717, 1.165) is 23.4 Å². The first-order valence-electron chi connectivity index (χ1n) is 9.81. The minimum atomic E-state index is -0.357. The van der Waals surface area contributed by atoms with Crippen LogP contribution < -0.4 is 20.3 Å². The highest BCUT2D eigenvalue weighted by molar-refractivity contribution is 5.89. The number of hydrogen-bond acceptors (Lipinski definition) is 6. The standard InChI is InChI=1S/C24H26N2O4/c1-28-24(27)20-10-14-23(15-11-20)30-17-5-16-29-22-12-8-19(9-13-22)18-25-26-21-6-3-2-4-7-21/h2-4,6-15,25-26H,5,16-18H2,1H3. The minimum absolute atomic E-state index is 0.357. The van der Waals surface area contributed by atoms with Crippen LogP contribution in [0.25, 0.3) is 0 Å². The second-order valence-electron chi connectivity index (χ2n) is 6.55. The molecule has 0 heterocycles. The van der Waals surface area contributed by atoms with Gasteiger partial charge in [-0.3, -0.25) is 0 Å². The SMILES string of the molecule is COC(=O)c1ccc(OCCCOc2ccc(CNNc3ccccc3)cc2)cc1. The van der Waals surface area contributed by atoms with Crippen molar-refractivity contribution in [1.82, 2.24) is 5.43 Å². The van der Waals surface area contributed by atoms with Gasteiger partial charge in [0.25, 0.3) is 0 Å². The van der Waals surface area contributed by atoms with Gasteiger partial charge in [0.2, 0.25) is 0 Å².